The minimum Gasteiger partial charge on any atom is -0.448 e. The van der Waals surface area contributed by atoms with Crippen LogP contribution in [0.3, 0.4) is 0 Å². The Hall–Kier alpha value is -2.19. The summed E-state index contributed by atoms with van der Waals surface area (Å²) in [5.74, 6) is -1.00. The molecule has 0 spiro atoms. The molecule has 0 saturated carbocycles. The van der Waals surface area contributed by atoms with Gasteiger partial charge in [0.2, 0.25) is 0 Å². The Balaban J connectivity index is 1.63. The fourth-order valence-electron chi connectivity index (χ4n) is 2.89. The summed E-state index contributed by atoms with van der Waals surface area (Å²) in [4.78, 5) is 37.7. The number of nitrogens with one attached hydrogen (secondary N) is 1. The van der Waals surface area contributed by atoms with Gasteiger partial charge in [-0.05, 0) is 55.2 Å². The van der Waals surface area contributed by atoms with Crippen molar-refractivity contribution in [3.8, 4) is 0 Å². The summed E-state index contributed by atoms with van der Waals surface area (Å²) in [5, 5.41) is 4.60. The Morgan fingerprint density at radius 3 is 2.88 bits per heavy atom. The van der Waals surface area contributed by atoms with Crippen molar-refractivity contribution in [2.45, 2.75) is 39.2 Å². The lowest BCUT2D eigenvalue weighted by Crippen LogP contribution is -2.30. The van der Waals surface area contributed by atoms with Crippen molar-refractivity contribution in [1.82, 2.24) is 0 Å². The third-order valence-corrected chi connectivity index (χ3v) is 6.40. The van der Waals surface area contributed by atoms with E-state index in [1.54, 1.807) is 5.38 Å². The first-order chi connectivity index (χ1) is 12.3. The number of carbonyl (C=O) groups is 3. The van der Waals surface area contributed by atoms with E-state index in [0.717, 1.165) is 19.3 Å². The van der Waals surface area contributed by atoms with Gasteiger partial charge in [0, 0.05) is 4.88 Å². The molecule has 1 aliphatic carbocycles. The van der Waals surface area contributed by atoms with Gasteiger partial charge < -0.3 is 15.8 Å². The molecule has 0 aliphatic heterocycles. The molecule has 26 heavy (non-hydrogen) atoms. The van der Waals surface area contributed by atoms with E-state index in [1.165, 1.54) is 46.1 Å². The highest BCUT2D eigenvalue weighted by atomic mass is 32.1. The van der Waals surface area contributed by atoms with Crippen LogP contribution in [0.4, 0.5) is 5.00 Å². The molecule has 2 aromatic heterocycles. The third-order valence-electron chi connectivity index (χ3n) is 4.35. The molecule has 0 radical (unpaired) electrons. The standard InChI is InChI=1S/C18H20N2O4S2/c1-9-3-4-13-11(7-9)8-14(26-13)18(23)24-10(2)16(22)20-17-12(15(19)21)5-6-25-17/h5-6,8-10H,3-4,7H2,1-2H3,(H2,19,21)(H,20,22)/t9-,10-/m0/s1. The molecule has 0 bridgehead atoms. The van der Waals surface area contributed by atoms with Crippen LogP contribution in [0.1, 0.15) is 50.7 Å². The summed E-state index contributed by atoms with van der Waals surface area (Å²) < 4.78 is 5.30. The molecular formula is C18H20N2O4S2. The van der Waals surface area contributed by atoms with Crippen LogP contribution in [-0.2, 0) is 22.4 Å². The molecule has 2 aromatic rings. The number of aryl methyl sites for hydroxylation is 1. The Bertz CT molecular complexity index is 855. The lowest BCUT2D eigenvalue weighted by molar-refractivity contribution is -0.123. The van der Waals surface area contributed by atoms with Crippen LogP contribution in [-0.4, -0.2) is 23.9 Å². The number of thiophene rings is 2. The van der Waals surface area contributed by atoms with E-state index in [9.17, 15) is 14.4 Å². The lowest BCUT2D eigenvalue weighted by Gasteiger charge is -2.16. The van der Waals surface area contributed by atoms with Crippen molar-refractivity contribution in [3.63, 3.8) is 0 Å². The summed E-state index contributed by atoms with van der Waals surface area (Å²) >= 11 is 2.63. The van der Waals surface area contributed by atoms with Crippen LogP contribution in [0, 0.1) is 5.92 Å². The van der Waals surface area contributed by atoms with Crippen LogP contribution < -0.4 is 11.1 Å². The predicted octanol–water partition coefficient (Wildman–Crippen LogP) is 3.22. The number of primary amides is 1. The van der Waals surface area contributed by atoms with Gasteiger partial charge in [-0.15, -0.1) is 22.7 Å². The molecule has 0 fully saturated rings. The number of hydrogen-bond acceptors (Lipinski definition) is 6. The molecule has 138 valence electrons. The summed E-state index contributed by atoms with van der Waals surface area (Å²) in [5.41, 5.74) is 6.71. The summed E-state index contributed by atoms with van der Waals surface area (Å²) in [7, 11) is 0. The SMILES string of the molecule is C[C@H]1CCc2sc(C(=O)O[C@@H](C)C(=O)Nc3sccc3C(N)=O)cc2C1. The van der Waals surface area contributed by atoms with Crippen molar-refractivity contribution in [3.05, 3.63) is 38.4 Å². The van der Waals surface area contributed by atoms with Gasteiger partial charge in [-0.1, -0.05) is 6.92 Å². The van der Waals surface area contributed by atoms with Gasteiger partial charge in [-0.2, -0.15) is 0 Å². The van der Waals surface area contributed by atoms with E-state index in [-0.39, 0.29) is 5.56 Å². The third kappa shape index (κ3) is 3.96. The fourth-order valence-corrected chi connectivity index (χ4v) is 4.78. The van der Waals surface area contributed by atoms with Gasteiger partial charge in [0.1, 0.15) is 9.88 Å². The van der Waals surface area contributed by atoms with Crippen LogP contribution in [0.2, 0.25) is 0 Å². The van der Waals surface area contributed by atoms with Gasteiger partial charge in [0.15, 0.2) is 6.10 Å². The van der Waals surface area contributed by atoms with E-state index >= 15 is 0 Å². The minimum atomic E-state index is -0.983. The van der Waals surface area contributed by atoms with Crippen molar-refractivity contribution >= 4 is 45.5 Å². The Morgan fingerprint density at radius 2 is 2.15 bits per heavy atom. The zero-order valence-electron chi connectivity index (χ0n) is 14.5. The monoisotopic (exact) mass is 392 g/mol. The molecule has 1 aliphatic rings. The molecule has 3 rings (SSSR count). The van der Waals surface area contributed by atoms with E-state index in [0.29, 0.717) is 15.8 Å². The maximum absolute atomic E-state index is 12.4. The average molecular weight is 393 g/mol. The second-order valence-electron chi connectivity index (χ2n) is 6.47. The number of rotatable bonds is 5. The normalized spacial score (nSPS) is 17.2. The quantitative estimate of drug-likeness (QED) is 0.763. The molecule has 2 heterocycles. The number of fused-ring (bicyclic) bond motifs is 1. The number of carbonyl (C=O) groups excluding carboxylic acids is 3. The molecule has 0 unspecified atom stereocenters. The average Bonchev–Trinajstić information content (AvgIpc) is 3.20. The highest BCUT2D eigenvalue weighted by Gasteiger charge is 2.25. The second kappa shape index (κ2) is 7.59. The molecule has 8 heteroatoms. The first kappa shape index (κ1) is 18.6. The van der Waals surface area contributed by atoms with Crippen LogP contribution in [0.15, 0.2) is 17.5 Å². The van der Waals surface area contributed by atoms with Gasteiger partial charge in [-0.25, -0.2) is 4.79 Å². The van der Waals surface area contributed by atoms with Gasteiger partial charge in [0.25, 0.3) is 11.8 Å². The van der Waals surface area contributed by atoms with Crippen molar-refractivity contribution in [2.75, 3.05) is 5.32 Å². The second-order valence-corrected chi connectivity index (χ2v) is 8.52. The number of hydrogen-bond donors (Lipinski definition) is 2. The Morgan fingerprint density at radius 1 is 1.38 bits per heavy atom. The molecule has 3 N–H and O–H groups in total. The summed E-state index contributed by atoms with van der Waals surface area (Å²) in [6.07, 6.45) is 2.11. The number of esters is 1. The topological polar surface area (TPSA) is 98.5 Å². The van der Waals surface area contributed by atoms with E-state index < -0.39 is 23.9 Å². The van der Waals surface area contributed by atoms with Crippen LogP contribution in [0.5, 0.6) is 0 Å². The first-order valence-electron chi connectivity index (χ1n) is 8.36. The molecule has 0 aromatic carbocycles. The number of nitrogens with two attached hydrogens (primary N) is 1. The van der Waals surface area contributed by atoms with E-state index in [1.807, 2.05) is 6.07 Å². The van der Waals surface area contributed by atoms with Crippen molar-refractivity contribution in [2.24, 2.45) is 11.7 Å². The lowest BCUT2D eigenvalue weighted by atomic mass is 9.90. The highest BCUT2D eigenvalue weighted by molar-refractivity contribution is 7.15. The van der Waals surface area contributed by atoms with Crippen molar-refractivity contribution in [1.29, 1.82) is 0 Å². The zero-order valence-corrected chi connectivity index (χ0v) is 16.2. The first-order valence-corrected chi connectivity index (χ1v) is 10.1. The maximum atomic E-state index is 12.4. The Labute approximate surface area is 159 Å². The Kier molecular flexibility index (Phi) is 5.43. The molecule has 2 atom stereocenters. The van der Waals surface area contributed by atoms with Gasteiger partial charge in [-0.3, -0.25) is 9.59 Å². The fraction of sp³-hybridized carbons (Fsp3) is 0.389. The maximum Gasteiger partial charge on any atom is 0.349 e. The number of ether oxygens (including phenoxy) is 1. The van der Waals surface area contributed by atoms with Crippen LogP contribution >= 0.6 is 22.7 Å². The largest absolute Gasteiger partial charge is 0.448 e. The molecule has 2 amide bonds. The molecule has 6 nitrogen and oxygen atoms in total. The smallest absolute Gasteiger partial charge is 0.349 e. The molecule has 0 saturated heterocycles. The van der Waals surface area contributed by atoms with E-state index in [2.05, 4.69) is 12.2 Å². The zero-order chi connectivity index (χ0) is 18.8. The summed E-state index contributed by atoms with van der Waals surface area (Å²) in [6.45, 7) is 3.70. The van der Waals surface area contributed by atoms with Crippen molar-refractivity contribution < 1.29 is 19.1 Å². The number of amides is 2. The molecular weight excluding hydrogens is 372 g/mol. The summed E-state index contributed by atoms with van der Waals surface area (Å²) in [6, 6.07) is 3.42. The van der Waals surface area contributed by atoms with Gasteiger partial charge in [0.05, 0.1) is 5.56 Å². The minimum absolute atomic E-state index is 0.238. The van der Waals surface area contributed by atoms with Gasteiger partial charge >= 0.3 is 5.97 Å². The van der Waals surface area contributed by atoms with E-state index in [4.69, 9.17) is 10.5 Å². The van der Waals surface area contributed by atoms with Crippen LogP contribution in [0.25, 0.3) is 0 Å². The predicted molar refractivity (Wildman–Crippen MR) is 102 cm³/mol. The number of anilines is 1. The highest BCUT2D eigenvalue weighted by Crippen LogP contribution is 2.32.